The number of rotatable bonds is 6. The molecule has 0 bridgehead atoms. The predicted molar refractivity (Wildman–Crippen MR) is 72.2 cm³/mol. The number of hydrogen-bond acceptors (Lipinski definition) is 3. The topological polar surface area (TPSA) is 66.6 Å². The van der Waals surface area contributed by atoms with Crippen LogP contribution in [0.4, 0.5) is 0 Å². The number of benzene rings is 1. The zero-order valence-corrected chi connectivity index (χ0v) is 11.3. The summed E-state index contributed by atoms with van der Waals surface area (Å²) in [6.07, 6.45) is 0. The number of likely N-dealkylation sites (N-methyl/N-ethyl adjacent to an activating group) is 1. The summed E-state index contributed by atoms with van der Waals surface area (Å²) in [5.41, 5.74) is 6.11. The third-order valence-corrected chi connectivity index (χ3v) is 2.70. The normalized spacial score (nSPS) is 11.8. The monoisotopic (exact) mass is 250 g/mol. The summed E-state index contributed by atoms with van der Waals surface area (Å²) in [7, 11) is 0. The van der Waals surface area contributed by atoms with Gasteiger partial charge in [0.25, 0.3) is 0 Å². The molecule has 0 atom stereocenters. The number of nitrogens with zero attached hydrogens (tertiary/aromatic N) is 1. The first-order valence-electron chi connectivity index (χ1n) is 6.15. The van der Waals surface area contributed by atoms with E-state index in [9.17, 15) is 9.90 Å². The second kappa shape index (κ2) is 5.98. The maximum Gasteiger partial charge on any atom is 0.248 e. The highest BCUT2D eigenvalue weighted by Gasteiger charge is 2.17. The lowest BCUT2D eigenvalue weighted by molar-refractivity contribution is 0.0353. The highest BCUT2D eigenvalue weighted by atomic mass is 16.3. The fourth-order valence-electron chi connectivity index (χ4n) is 1.86. The lowest BCUT2D eigenvalue weighted by Gasteiger charge is -2.28. The molecule has 18 heavy (non-hydrogen) atoms. The number of hydrogen-bond donors (Lipinski definition) is 2. The quantitative estimate of drug-likeness (QED) is 0.801. The van der Waals surface area contributed by atoms with Crippen LogP contribution in [0.25, 0.3) is 0 Å². The molecule has 4 nitrogen and oxygen atoms in total. The van der Waals surface area contributed by atoms with Crippen LogP contribution in [0.15, 0.2) is 24.3 Å². The van der Waals surface area contributed by atoms with Crippen LogP contribution in [0, 0.1) is 0 Å². The highest BCUT2D eigenvalue weighted by molar-refractivity contribution is 5.92. The summed E-state index contributed by atoms with van der Waals surface area (Å²) in [5.74, 6) is -0.412. The first-order valence-corrected chi connectivity index (χ1v) is 6.15. The molecule has 0 fully saturated rings. The van der Waals surface area contributed by atoms with Crippen molar-refractivity contribution in [2.75, 3.05) is 13.1 Å². The van der Waals surface area contributed by atoms with E-state index in [-0.39, 0.29) is 0 Å². The number of carbonyl (C=O) groups excluding carboxylic acids is 1. The molecule has 0 radical (unpaired) electrons. The lowest BCUT2D eigenvalue weighted by Crippen LogP contribution is -2.38. The van der Waals surface area contributed by atoms with Gasteiger partial charge in [-0.15, -0.1) is 0 Å². The maximum atomic E-state index is 11.0. The molecule has 4 heteroatoms. The van der Waals surface area contributed by atoms with Gasteiger partial charge in [-0.05, 0) is 38.1 Å². The van der Waals surface area contributed by atoms with Crippen LogP contribution < -0.4 is 5.73 Å². The smallest absolute Gasteiger partial charge is 0.248 e. The molecule has 0 heterocycles. The van der Waals surface area contributed by atoms with E-state index in [2.05, 4.69) is 11.8 Å². The van der Waals surface area contributed by atoms with Crippen LogP contribution >= 0.6 is 0 Å². The molecule has 0 aliphatic rings. The Bertz CT molecular complexity index is 393. The third-order valence-electron chi connectivity index (χ3n) is 2.70. The SMILES string of the molecule is CCN(Cc1ccc(C(N)=O)cc1)CC(C)(C)O. The first kappa shape index (κ1) is 14.7. The van der Waals surface area contributed by atoms with Gasteiger partial charge < -0.3 is 10.8 Å². The van der Waals surface area contributed by atoms with Crippen LogP contribution in [0.5, 0.6) is 0 Å². The Kier molecular flexibility index (Phi) is 4.87. The van der Waals surface area contributed by atoms with E-state index < -0.39 is 11.5 Å². The van der Waals surface area contributed by atoms with Crippen molar-refractivity contribution < 1.29 is 9.90 Å². The van der Waals surface area contributed by atoms with Crippen LogP contribution in [0.2, 0.25) is 0 Å². The molecular formula is C14H22N2O2. The van der Waals surface area contributed by atoms with Gasteiger partial charge in [0.2, 0.25) is 5.91 Å². The van der Waals surface area contributed by atoms with Crippen molar-refractivity contribution in [2.24, 2.45) is 5.73 Å². The number of carbonyl (C=O) groups is 1. The number of primary amides is 1. The zero-order valence-electron chi connectivity index (χ0n) is 11.3. The van der Waals surface area contributed by atoms with E-state index in [1.165, 1.54) is 0 Å². The standard InChI is InChI=1S/C14H22N2O2/c1-4-16(10-14(2,3)18)9-11-5-7-12(8-6-11)13(15)17/h5-8,18H,4,9-10H2,1-3H3,(H2,15,17). The molecule has 1 aromatic carbocycles. The van der Waals surface area contributed by atoms with Crippen molar-refractivity contribution >= 4 is 5.91 Å². The number of amides is 1. The molecule has 0 spiro atoms. The van der Waals surface area contributed by atoms with Gasteiger partial charge in [0.05, 0.1) is 5.60 Å². The Morgan fingerprint density at radius 3 is 2.28 bits per heavy atom. The lowest BCUT2D eigenvalue weighted by atomic mass is 10.1. The summed E-state index contributed by atoms with van der Waals surface area (Å²) in [5, 5.41) is 9.81. The van der Waals surface area contributed by atoms with Gasteiger partial charge >= 0.3 is 0 Å². The zero-order chi connectivity index (χ0) is 13.8. The maximum absolute atomic E-state index is 11.0. The van der Waals surface area contributed by atoms with Gasteiger partial charge in [0, 0.05) is 18.7 Å². The second-order valence-electron chi connectivity index (χ2n) is 5.18. The molecule has 0 unspecified atom stereocenters. The Labute approximate surface area is 108 Å². The molecule has 1 aromatic rings. The van der Waals surface area contributed by atoms with Crippen LogP contribution in [-0.4, -0.2) is 34.6 Å². The van der Waals surface area contributed by atoms with Gasteiger partial charge in [-0.3, -0.25) is 9.69 Å². The van der Waals surface area contributed by atoms with Crippen LogP contribution in [-0.2, 0) is 6.54 Å². The fourth-order valence-corrected chi connectivity index (χ4v) is 1.86. The number of aliphatic hydroxyl groups is 1. The van der Waals surface area contributed by atoms with Crippen molar-refractivity contribution in [2.45, 2.75) is 32.9 Å². The largest absolute Gasteiger partial charge is 0.389 e. The third kappa shape index (κ3) is 4.85. The molecule has 3 N–H and O–H groups in total. The molecule has 0 aliphatic heterocycles. The van der Waals surface area contributed by atoms with E-state index in [1.807, 2.05) is 12.1 Å². The molecule has 0 saturated carbocycles. The molecule has 1 rings (SSSR count). The fraction of sp³-hybridized carbons (Fsp3) is 0.500. The molecular weight excluding hydrogens is 228 g/mol. The average Bonchev–Trinajstić information content (AvgIpc) is 2.27. The van der Waals surface area contributed by atoms with E-state index >= 15 is 0 Å². The molecule has 1 amide bonds. The summed E-state index contributed by atoms with van der Waals surface area (Å²) in [6, 6.07) is 7.26. The minimum atomic E-state index is -0.705. The Morgan fingerprint density at radius 2 is 1.89 bits per heavy atom. The second-order valence-corrected chi connectivity index (χ2v) is 5.18. The van der Waals surface area contributed by atoms with Gasteiger partial charge in [-0.2, -0.15) is 0 Å². The minimum Gasteiger partial charge on any atom is -0.389 e. The van der Waals surface area contributed by atoms with Crippen molar-refractivity contribution in [3.8, 4) is 0 Å². The molecule has 0 aliphatic carbocycles. The van der Waals surface area contributed by atoms with E-state index in [0.29, 0.717) is 12.1 Å². The summed E-state index contributed by atoms with van der Waals surface area (Å²) in [6.45, 7) is 7.88. The highest BCUT2D eigenvalue weighted by Crippen LogP contribution is 2.11. The Balaban J connectivity index is 2.67. The molecule has 0 saturated heterocycles. The van der Waals surface area contributed by atoms with Crippen molar-refractivity contribution in [1.29, 1.82) is 0 Å². The van der Waals surface area contributed by atoms with Gasteiger partial charge in [0.15, 0.2) is 0 Å². The summed E-state index contributed by atoms with van der Waals surface area (Å²) >= 11 is 0. The summed E-state index contributed by atoms with van der Waals surface area (Å²) < 4.78 is 0. The van der Waals surface area contributed by atoms with Gasteiger partial charge in [-0.25, -0.2) is 0 Å². The van der Waals surface area contributed by atoms with E-state index in [1.54, 1.807) is 26.0 Å². The first-order chi connectivity index (χ1) is 8.31. The van der Waals surface area contributed by atoms with Crippen LogP contribution in [0.1, 0.15) is 36.7 Å². The van der Waals surface area contributed by atoms with Crippen molar-refractivity contribution in [3.63, 3.8) is 0 Å². The average molecular weight is 250 g/mol. The molecule has 0 aromatic heterocycles. The minimum absolute atomic E-state index is 0.412. The van der Waals surface area contributed by atoms with Crippen molar-refractivity contribution in [3.05, 3.63) is 35.4 Å². The van der Waals surface area contributed by atoms with E-state index in [4.69, 9.17) is 5.73 Å². The predicted octanol–water partition coefficient (Wildman–Crippen LogP) is 1.38. The molecule has 100 valence electrons. The van der Waals surface area contributed by atoms with Gasteiger partial charge in [-0.1, -0.05) is 19.1 Å². The van der Waals surface area contributed by atoms with Crippen LogP contribution in [0.3, 0.4) is 0 Å². The number of nitrogens with two attached hydrogens (primary N) is 1. The van der Waals surface area contributed by atoms with Crippen molar-refractivity contribution in [1.82, 2.24) is 4.90 Å². The Hall–Kier alpha value is -1.39. The van der Waals surface area contributed by atoms with Gasteiger partial charge in [0.1, 0.15) is 0 Å². The van der Waals surface area contributed by atoms with E-state index in [0.717, 1.165) is 18.7 Å². The Morgan fingerprint density at radius 1 is 1.33 bits per heavy atom. The summed E-state index contributed by atoms with van der Waals surface area (Å²) in [4.78, 5) is 13.1.